The van der Waals surface area contributed by atoms with Crippen LogP contribution in [-0.2, 0) is 32.0 Å². The Hall–Kier alpha value is -4.18. The van der Waals surface area contributed by atoms with Crippen molar-refractivity contribution in [1.29, 1.82) is 0 Å². The molecule has 10 nitrogen and oxygen atoms in total. The van der Waals surface area contributed by atoms with Gasteiger partial charge in [-0.05, 0) is 35.4 Å². The normalized spacial score (nSPS) is 14.9. The van der Waals surface area contributed by atoms with Gasteiger partial charge in [0.25, 0.3) is 0 Å². The van der Waals surface area contributed by atoms with E-state index < -0.39 is 47.9 Å². The zero-order valence-electron chi connectivity index (χ0n) is 24.7. The van der Waals surface area contributed by atoms with Crippen molar-refractivity contribution < 1.29 is 24.3 Å². The van der Waals surface area contributed by atoms with Gasteiger partial charge in [0.2, 0.25) is 17.7 Å². The van der Waals surface area contributed by atoms with Crippen LogP contribution in [0.3, 0.4) is 0 Å². The molecule has 0 saturated heterocycles. The molecule has 10 heteroatoms. The first-order valence-electron chi connectivity index (χ1n) is 14.5. The third-order valence-corrected chi connectivity index (χ3v) is 7.48. The van der Waals surface area contributed by atoms with E-state index in [2.05, 4.69) is 20.9 Å². The molecule has 0 fully saturated rings. The van der Waals surface area contributed by atoms with E-state index >= 15 is 0 Å². The van der Waals surface area contributed by atoms with E-state index in [1.807, 2.05) is 58.0 Å². The highest BCUT2D eigenvalue weighted by molar-refractivity contribution is 5.95. The fourth-order valence-electron chi connectivity index (χ4n) is 4.89. The number of aromatic nitrogens is 1. The molecule has 0 aliphatic carbocycles. The smallest absolute Gasteiger partial charge is 0.326 e. The number of nitrogens with one attached hydrogen (secondary N) is 4. The molecule has 3 rings (SSSR count). The van der Waals surface area contributed by atoms with Crippen molar-refractivity contribution in [1.82, 2.24) is 20.9 Å². The molecular weight excluding hydrogens is 534 g/mol. The van der Waals surface area contributed by atoms with E-state index in [0.717, 1.165) is 22.0 Å². The molecule has 2 aromatic carbocycles. The van der Waals surface area contributed by atoms with Gasteiger partial charge in [0.05, 0.1) is 6.04 Å². The molecule has 5 atom stereocenters. The van der Waals surface area contributed by atoms with Crippen molar-refractivity contribution in [2.75, 3.05) is 0 Å². The van der Waals surface area contributed by atoms with E-state index in [0.29, 0.717) is 12.8 Å². The first-order chi connectivity index (χ1) is 20.0. The summed E-state index contributed by atoms with van der Waals surface area (Å²) < 4.78 is 0. The molecule has 7 N–H and O–H groups in total. The Bertz CT molecular complexity index is 1360. The topological polar surface area (TPSA) is 166 Å². The molecule has 0 aliphatic heterocycles. The van der Waals surface area contributed by atoms with E-state index in [9.17, 15) is 24.3 Å². The van der Waals surface area contributed by atoms with Crippen molar-refractivity contribution in [2.24, 2.45) is 17.6 Å². The minimum absolute atomic E-state index is 0.0783. The molecule has 0 radical (unpaired) electrons. The fraction of sp³-hybridized carbons (Fsp3) is 0.438. The van der Waals surface area contributed by atoms with Crippen LogP contribution in [0.15, 0.2) is 60.8 Å². The predicted octanol–water partition coefficient (Wildman–Crippen LogP) is 2.91. The van der Waals surface area contributed by atoms with Gasteiger partial charge in [-0.3, -0.25) is 14.4 Å². The molecule has 0 spiro atoms. The van der Waals surface area contributed by atoms with Crippen LogP contribution in [-0.4, -0.2) is 57.9 Å². The Labute approximate surface area is 246 Å². The Morgan fingerprint density at radius 1 is 0.833 bits per heavy atom. The number of amides is 3. The number of benzene rings is 2. The first-order valence-corrected chi connectivity index (χ1v) is 14.5. The lowest BCUT2D eigenvalue weighted by Gasteiger charge is -2.28. The number of carbonyl (C=O) groups is 4. The van der Waals surface area contributed by atoms with Crippen molar-refractivity contribution >= 4 is 34.6 Å². The SMILES string of the molecule is CCC(C)C(NC(=O)C(N)CC(C)C)C(=O)NC(Cc1c[nH]c2ccccc12)C(=O)NC(Cc1ccccc1)C(=O)O. The zero-order chi connectivity index (χ0) is 30.8. The van der Waals surface area contributed by atoms with Crippen LogP contribution in [0, 0.1) is 11.8 Å². The van der Waals surface area contributed by atoms with Crippen LogP contribution in [0.4, 0.5) is 0 Å². The Morgan fingerprint density at radius 3 is 2.12 bits per heavy atom. The lowest BCUT2D eigenvalue weighted by atomic mass is 9.96. The maximum Gasteiger partial charge on any atom is 0.326 e. The average Bonchev–Trinajstić information content (AvgIpc) is 3.37. The molecule has 3 aromatic rings. The highest BCUT2D eigenvalue weighted by Gasteiger charge is 2.33. The summed E-state index contributed by atoms with van der Waals surface area (Å²) in [7, 11) is 0. The summed E-state index contributed by atoms with van der Waals surface area (Å²) in [5, 5.41) is 19.0. The zero-order valence-corrected chi connectivity index (χ0v) is 24.7. The van der Waals surface area contributed by atoms with E-state index in [1.165, 1.54) is 0 Å². The number of carboxylic acids is 1. The molecule has 0 bridgehead atoms. The summed E-state index contributed by atoms with van der Waals surface area (Å²) in [5.41, 5.74) is 8.48. The summed E-state index contributed by atoms with van der Waals surface area (Å²) in [6.45, 7) is 7.67. The van der Waals surface area contributed by atoms with Gasteiger partial charge in [0.15, 0.2) is 0 Å². The number of hydrogen-bond donors (Lipinski definition) is 6. The Kier molecular flexibility index (Phi) is 11.7. The maximum atomic E-state index is 13.7. The first kappa shape index (κ1) is 32.3. The number of carbonyl (C=O) groups excluding carboxylic acids is 3. The summed E-state index contributed by atoms with van der Waals surface area (Å²) in [4.78, 5) is 55.5. The average molecular weight is 578 g/mol. The van der Waals surface area contributed by atoms with Crippen LogP contribution in [0.5, 0.6) is 0 Å². The molecule has 1 aromatic heterocycles. The van der Waals surface area contributed by atoms with Crippen LogP contribution < -0.4 is 21.7 Å². The number of nitrogens with two attached hydrogens (primary N) is 1. The Morgan fingerprint density at radius 2 is 1.48 bits per heavy atom. The summed E-state index contributed by atoms with van der Waals surface area (Å²) >= 11 is 0. The molecule has 1 heterocycles. The van der Waals surface area contributed by atoms with Gasteiger partial charge >= 0.3 is 5.97 Å². The minimum atomic E-state index is -1.21. The number of aromatic amines is 1. The number of rotatable bonds is 15. The molecule has 0 saturated carbocycles. The lowest BCUT2D eigenvalue weighted by molar-refractivity contribution is -0.142. The number of H-pyrrole nitrogens is 1. The second-order valence-electron chi connectivity index (χ2n) is 11.3. The van der Waals surface area contributed by atoms with Crippen LogP contribution >= 0.6 is 0 Å². The van der Waals surface area contributed by atoms with E-state index in [4.69, 9.17) is 5.73 Å². The predicted molar refractivity (Wildman–Crippen MR) is 162 cm³/mol. The van der Waals surface area contributed by atoms with Crippen molar-refractivity contribution in [2.45, 2.75) is 77.5 Å². The van der Waals surface area contributed by atoms with Gasteiger partial charge in [0, 0.05) is 29.9 Å². The number of aliphatic carboxylic acids is 1. The summed E-state index contributed by atoms with van der Waals surface area (Å²) in [5.74, 6) is -2.85. The van der Waals surface area contributed by atoms with E-state index in [-0.39, 0.29) is 24.7 Å². The van der Waals surface area contributed by atoms with Crippen LogP contribution in [0.1, 0.15) is 51.7 Å². The largest absolute Gasteiger partial charge is 0.480 e. The van der Waals surface area contributed by atoms with Crippen LogP contribution in [0.25, 0.3) is 10.9 Å². The third-order valence-electron chi connectivity index (χ3n) is 7.48. The number of fused-ring (bicyclic) bond motifs is 1. The summed E-state index contributed by atoms with van der Waals surface area (Å²) in [6.07, 6.45) is 3.01. The van der Waals surface area contributed by atoms with Gasteiger partial charge in [-0.1, -0.05) is 82.6 Å². The van der Waals surface area contributed by atoms with Gasteiger partial charge in [-0.2, -0.15) is 0 Å². The number of para-hydroxylation sites is 1. The van der Waals surface area contributed by atoms with E-state index in [1.54, 1.807) is 30.5 Å². The van der Waals surface area contributed by atoms with Crippen molar-refractivity contribution in [3.8, 4) is 0 Å². The number of carboxylic acid groups (broad SMARTS) is 1. The number of hydrogen-bond acceptors (Lipinski definition) is 5. The fourth-order valence-corrected chi connectivity index (χ4v) is 4.89. The molecule has 3 amide bonds. The third kappa shape index (κ3) is 8.91. The second kappa shape index (κ2) is 15.2. The van der Waals surface area contributed by atoms with Gasteiger partial charge in [-0.25, -0.2) is 4.79 Å². The maximum absolute atomic E-state index is 13.7. The monoisotopic (exact) mass is 577 g/mol. The second-order valence-corrected chi connectivity index (χ2v) is 11.3. The lowest BCUT2D eigenvalue weighted by Crippen LogP contribution is -2.59. The summed E-state index contributed by atoms with van der Waals surface area (Å²) in [6, 6.07) is 12.6. The Balaban J connectivity index is 1.87. The highest BCUT2D eigenvalue weighted by Crippen LogP contribution is 2.20. The molecular formula is C32H43N5O5. The van der Waals surface area contributed by atoms with Gasteiger partial charge in [0.1, 0.15) is 18.1 Å². The molecule has 5 unspecified atom stereocenters. The van der Waals surface area contributed by atoms with Crippen molar-refractivity contribution in [3.63, 3.8) is 0 Å². The standard InChI is InChI=1S/C32H43N5O5/c1-5-20(4)28(37-29(38)24(33)15-19(2)3)31(40)35-26(17-22-18-34-25-14-10-9-13-23(22)25)30(39)36-27(32(41)42)16-21-11-7-6-8-12-21/h6-14,18-20,24,26-28,34H,5,15-17,33H2,1-4H3,(H,35,40)(H,36,39)(H,37,38)(H,41,42). The van der Waals surface area contributed by atoms with Gasteiger partial charge < -0.3 is 31.8 Å². The minimum Gasteiger partial charge on any atom is -0.480 e. The van der Waals surface area contributed by atoms with Crippen molar-refractivity contribution in [3.05, 3.63) is 71.9 Å². The quantitative estimate of drug-likeness (QED) is 0.162. The molecule has 0 aliphatic rings. The molecule has 42 heavy (non-hydrogen) atoms. The highest BCUT2D eigenvalue weighted by atomic mass is 16.4. The molecule has 226 valence electrons. The van der Waals surface area contributed by atoms with Crippen LogP contribution in [0.2, 0.25) is 0 Å². The van der Waals surface area contributed by atoms with Gasteiger partial charge in [-0.15, -0.1) is 0 Å².